The third kappa shape index (κ3) is 10.6. The summed E-state index contributed by atoms with van der Waals surface area (Å²) in [5.74, 6) is -6.92. The summed E-state index contributed by atoms with van der Waals surface area (Å²) in [5, 5.41) is 0. The second-order valence-electron chi connectivity index (χ2n) is 11.7. The van der Waals surface area contributed by atoms with Crippen LogP contribution in [0.2, 0.25) is 0 Å². The van der Waals surface area contributed by atoms with Gasteiger partial charge in [-0.05, 0) is 63.6 Å². The van der Waals surface area contributed by atoms with Crippen LogP contribution in [0.4, 0.5) is 27.6 Å². The molecule has 0 radical (unpaired) electrons. The Balaban J connectivity index is 2.39. The van der Waals surface area contributed by atoms with Gasteiger partial charge in [0.25, 0.3) is 0 Å². The number of nitrogens with zero attached hydrogens (tertiary/aromatic N) is 1. The topological polar surface area (TPSA) is 135 Å². The number of alkyl halides is 3. The first-order valence-corrected chi connectivity index (χ1v) is 18.6. The third-order valence-corrected chi connectivity index (χ3v) is 7.80. The van der Waals surface area contributed by atoms with Crippen LogP contribution in [-0.4, -0.2) is 68.8 Å². The van der Waals surface area contributed by atoms with E-state index in [0.29, 0.717) is 24.0 Å². The van der Waals surface area contributed by atoms with E-state index in [-0.39, 0.29) is 45.4 Å². The summed E-state index contributed by atoms with van der Waals surface area (Å²) in [6.45, 7) is 5.99. The van der Waals surface area contributed by atoms with Crippen LogP contribution < -0.4 is 27.5 Å². The highest BCUT2D eigenvalue weighted by molar-refractivity contribution is 7.86. The fourth-order valence-corrected chi connectivity index (χ4v) is 5.58. The maximum Gasteiger partial charge on any atom is 0.471 e. The molecule has 3 aromatic rings. The van der Waals surface area contributed by atoms with Gasteiger partial charge in [-0.15, -0.1) is 0 Å². The molecule has 1 amide bonds. The molecule has 284 valence electrons. The van der Waals surface area contributed by atoms with E-state index in [9.17, 15) is 34.8 Å². The highest BCUT2D eigenvalue weighted by Crippen LogP contribution is 2.52. The summed E-state index contributed by atoms with van der Waals surface area (Å²) in [6.07, 6.45) is -1.03. The number of amides is 1. The molecule has 0 N–H and O–H groups in total. The summed E-state index contributed by atoms with van der Waals surface area (Å²) in [7, 11) is -6.36. The van der Waals surface area contributed by atoms with Crippen LogP contribution >= 0.6 is 0 Å². The first-order valence-electron chi connectivity index (χ1n) is 15.0. The zero-order chi connectivity index (χ0) is 39.3. The molecule has 0 atom stereocenters. The number of benzene rings is 3. The standard InChI is InChI=1S/C34H36F5NO10S2/c1-19(2)11-13-40(33(41)34(37,38)39)26-18-24(35)22(16-25(26)36)23-17-29(46-5)30(32(31(23)47-6)50-52(8,44)45)21-9-10-27(48-14-12-20(3)4)28(15-21)49-51(7,42)43/h9-12,15-18H,13-14H2,1-8H3. The number of ether oxygens (including phenoxy) is 3. The molecule has 0 unspecified atom stereocenters. The predicted molar refractivity (Wildman–Crippen MR) is 184 cm³/mol. The van der Waals surface area contributed by atoms with E-state index in [1.165, 1.54) is 38.1 Å². The van der Waals surface area contributed by atoms with Crippen molar-refractivity contribution in [2.75, 3.05) is 44.8 Å². The summed E-state index contributed by atoms with van der Waals surface area (Å²) in [5.41, 5.74) is -0.803. The largest absolute Gasteiger partial charge is 0.496 e. The average Bonchev–Trinajstić information content (AvgIpc) is 3.00. The second-order valence-corrected chi connectivity index (χ2v) is 14.8. The Kier molecular flexibility index (Phi) is 13.0. The van der Waals surface area contributed by atoms with Gasteiger partial charge >= 0.3 is 32.3 Å². The maximum atomic E-state index is 15.9. The number of carbonyl (C=O) groups is 1. The van der Waals surface area contributed by atoms with Gasteiger partial charge in [-0.25, -0.2) is 8.78 Å². The Morgan fingerprint density at radius 3 is 1.88 bits per heavy atom. The molecule has 0 saturated heterocycles. The molecule has 0 heterocycles. The SMILES string of the molecule is COc1cc(-c2cc(F)c(N(CC=C(C)C)C(=O)C(F)(F)F)cc2F)c(OC)c(OS(C)(=O)=O)c1-c1ccc(OCC=C(C)C)c(OS(C)(=O)=O)c1. The van der Waals surface area contributed by atoms with E-state index in [4.69, 9.17) is 22.6 Å². The molecule has 0 aliphatic rings. The molecule has 0 saturated carbocycles. The van der Waals surface area contributed by atoms with Crippen LogP contribution in [0.15, 0.2) is 59.7 Å². The molecule has 18 heteroatoms. The molecule has 0 aliphatic heterocycles. The lowest BCUT2D eigenvalue weighted by Crippen LogP contribution is -2.42. The number of anilines is 1. The van der Waals surface area contributed by atoms with Crippen LogP contribution in [-0.2, 0) is 25.0 Å². The van der Waals surface area contributed by atoms with E-state index >= 15 is 8.78 Å². The molecule has 11 nitrogen and oxygen atoms in total. The molecule has 0 fully saturated rings. The van der Waals surface area contributed by atoms with E-state index in [0.717, 1.165) is 32.1 Å². The minimum absolute atomic E-state index is 0.0138. The van der Waals surface area contributed by atoms with Crippen LogP contribution in [0.25, 0.3) is 22.3 Å². The molecule has 52 heavy (non-hydrogen) atoms. The van der Waals surface area contributed by atoms with E-state index < -0.39 is 73.2 Å². The smallest absolute Gasteiger partial charge is 0.471 e. The van der Waals surface area contributed by atoms with Crippen molar-refractivity contribution in [3.63, 3.8) is 0 Å². The molecule has 3 rings (SSSR count). The number of hydrogen-bond donors (Lipinski definition) is 0. The summed E-state index contributed by atoms with van der Waals surface area (Å²) >= 11 is 0. The second kappa shape index (κ2) is 16.2. The highest BCUT2D eigenvalue weighted by Gasteiger charge is 2.43. The quantitative estimate of drug-likeness (QED) is 0.0940. The van der Waals surface area contributed by atoms with Crippen LogP contribution in [0.1, 0.15) is 27.7 Å². The van der Waals surface area contributed by atoms with Crippen LogP contribution in [0.3, 0.4) is 0 Å². The van der Waals surface area contributed by atoms with Crippen molar-refractivity contribution in [1.29, 1.82) is 0 Å². The van der Waals surface area contributed by atoms with Gasteiger partial charge < -0.3 is 22.6 Å². The van der Waals surface area contributed by atoms with Crippen molar-refractivity contribution >= 4 is 31.8 Å². The van der Waals surface area contributed by atoms with Gasteiger partial charge in [0, 0.05) is 23.7 Å². The Hall–Kier alpha value is -4.84. The van der Waals surface area contributed by atoms with E-state index in [2.05, 4.69) is 0 Å². The number of allylic oxidation sites excluding steroid dienone is 2. The van der Waals surface area contributed by atoms with Gasteiger partial charge in [-0.2, -0.15) is 30.0 Å². The average molecular weight is 778 g/mol. The lowest BCUT2D eigenvalue weighted by molar-refractivity contribution is -0.170. The summed E-state index contributed by atoms with van der Waals surface area (Å²) < 4.78 is 149. The lowest BCUT2D eigenvalue weighted by Gasteiger charge is -2.24. The zero-order valence-corrected chi connectivity index (χ0v) is 30.9. The van der Waals surface area contributed by atoms with Crippen molar-refractivity contribution in [3.8, 4) is 51.0 Å². The number of rotatable bonds is 14. The molecule has 0 spiro atoms. The summed E-state index contributed by atoms with van der Waals surface area (Å²) in [6, 6.07) is 5.88. The zero-order valence-electron chi connectivity index (χ0n) is 29.3. The Labute approximate surface area is 298 Å². The van der Waals surface area contributed by atoms with Crippen molar-refractivity contribution in [2.45, 2.75) is 33.9 Å². The van der Waals surface area contributed by atoms with Crippen molar-refractivity contribution in [2.24, 2.45) is 0 Å². The monoisotopic (exact) mass is 777 g/mol. The van der Waals surface area contributed by atoms with Crippen molar-refractivity contribution in [3.05, 3.63) is 71.3 Å². The van der Waals surface area contributed by atoms with E-state index in [1.807, 2.05) is 13.8 Å². The van der Waals surface area contributed by atoms with Crippen molar-refractivity contribution in [1.82, 2.24) is 0 Å². The number of carbonyl (C=O) groups excluding carboxylic acids is 1. The number of hydrogen-bond acceptors (Lipinski definition) is 10. The Morgan fingerprint density at radius 1 is 0.750 bits per heavy atom. The van der Waals surface area contributed by atoms with Crippen LogP contribution in [0.5, 0.6) is 28.7 Å². The minimum Gasteiger partial charge on any atom is -0.496 e. The summed E-state index contributed by atoms with van der Waals surface area (Å²) in [4.78, 5) is 12.3. The number of halogens is 5. The number of methoxy groups -OCH3 is 2. The normalized spacial score (nSPS) is 11.7. The molecule has 0 aromatic heterocycles. The molecular weight excluding hydrogens is 741 g/mol. The lowest BCUT2D eigenvalue weighted by atomic mass is 9.95. The first kappa shape index (κ1) is 41.6. The fourth-order valence-electron chi connectivity index (χ4n) is 4.66. The predicted octanol–water partition coefficient (Wildman–Crippen LogP) is 7.20. The Bertz CT molecular complexity index is 2120. The molecule has 3 aromatic carbocycles. The minimum atomic E-state index is -5.43. The molecule has 0 bridgehead atoms. The highest BCUT2D eigenvalue weighted by atomic mass is 32.2. The van der Waals surface area contributed by atoms with Gasteiger partial charge in [-0.1, -0.05) is 23.3 Å². The van der Waals surface area contributed by atoms with E-state index in [1.54, 1.807) is 6.08 Å². The van der Waals surface area contributed by atoms with Crippen LogP contribution in [0, 0.1) is 11.6 Å². The van der Waals surface area contributed by atoms with Gasteiger partial charge in [-0.3, -0.25) is 9.69 Å². The molecule has 0 aliphatic carbocycles. The first-order chi connectivity index (χ1) is 24.0. The fraction of sp³-hybridized carbons (Fsp3) is 0.324. The van der Waals surface area contributed by atoms with Gasteiger partial charge in [0.2, 0.25) is 0 Å². The van der Waals surface area contributed by atoms with Gasteiger partial charge in [0.1, 0.15) is 24.0 Å². The maximum absolute atomic E-state index is 15.9. The Morgan fingerprint density at radius 2 is 1.37 bits per heavy atom. The van der Waals surface area contributed by atoms with Gasteiger partial charge in [0.15, 0.2) is 23.0 Å². The molecular formula is C34H36F5NO10S2. The van der Waals surface area contributed by atoms with Gasteiger partial charge in [0.05, 0.1) is 38.0 Å². The third-order valence-electron chi connectivity index (χ3n) is 6.85. The van der Waals surface area contributed by atoms with Crippen molar-refractivity contribution < 1.29 is 66.2 Å².